The summed E-state index contributed by atoms with van der Waals surface area (Å²) in [7, 11) is 0. The van der Waals surface area contributed by atoms with Crippen molar-refractivity contribution in [3.63, 3.8) is 0 Å². The minimum Gasteiger partial charge on any atom is -0.506 e. The van der Waals surface area contributed by atoms with Crippen molar-refractivity contribution >= 4 is 11.6 Å². The van der Waals surface area contributed by atoms with Crippen LogP contribution in [0, 0.1) is 0 Å². The molecule has 2 N–H and O–H groups in total. The number of phenols is 1. The molecule has 0 unspecified atom stereocenters. The number of unbranched alkanes of at least 4 members (excludes halogenated alkanes) is 1. The van der Waals surface area contributed by atoms with Crippen molar-refractivity contribution in [2.45, 2.75) is 26.3 Å². The molecule has 0 saturated carbocycles. The van der Waals surface area contributed by atoms with Crippen LogP contribution in [0.1, 0.15) is 25.3 Å². The van der Waals surface area contributed by atoms with E-state index in [1.54, 1.807) is 12.1 Å². The lowest BCUT2D eigenvalue weighted by molar-refractivity contribution is 0.133. The lowest BCUT2D eigenvalue weighted by Crippen LogP contribution is -2.19. The second-order valence-corrected chi connectivity index (χ2v) is 4.34. The number of ether oxygens (including phenoxy) is 1. The Balaban J connectivity index is 2.11. The molecule has 3 nitrogen and oxygen atoms in total. The van der Waals surface area contributed by atoms with E-state index < -0.39 is 0 Å². The topological polar surface area (TPSA) is 41.5 Å². The van der Waals surface area contributed by atoms with Gasteiger partial charge in [0.1, 0.15) is 5.75 Å². The van der Waals surface area contributed by atoms with Crippen LogP contribution in [0.15, 0.2) is 18.2 Å². The molecule has 0 saturated heterocycles. The van der Waals surface area contributed by atoms with Crippen molar-refractivity contribution in [1.82, 2.24) is 5.32 Å². The first kappa shape index (κ1) is 14.3. The SMILES string of the molecule is CCCCOCCNCc1ccc(O)c(Cl)c1. The average Bonchev–Trinajstić information content (AvgIpc) is 2.32. The molecule has 96 valence electrons. The van der Waals surface area contributed by atoms with Crippen molar-refractivity contribution in [2.75, 3.05) is 19.8 Å². The second kappa shape index (κ2) is 8.34. The molecule has 1 aromatic rings. The normalized spacial score (nSPS) is 10.7. The number of nitrogens with one attached hydrogen (secondary N) is 1. The standard InChI is InChI=1S/C13H20ClNO2/c1-2-3-7-17-8-6-15-10-11-4-5-13(16)12(14)9-11/h4-5,9,15-16H,2-3,6-8,10H2,1H3. The van der Waals surface area contributed by atoms with Gasteiger partial charge in [0.25, 0.3) is 0 Å². The molecule has 0 spiro atoms. The zero-order valence-electron chi connectivity index (χ0n) is 10.2. The van der Waals surface area contributed by atoms with Crippen LogP contribution in [0.4, 0.5) is 0 Å². The highest BCUT2D eigenvalue weighted by Crippen LogP contribution is 2.23. The Labute approximate surface area is 108 Å². The predicted molar refractivity (Wildman–Crippen MR) is 70.6 cm³/mol. The smallest absolute Gasteiger partial charge is 0.134 e. The van der Waals surface area contributed by atoms with Crippen LogP contribution in [0.25, 0.3) is 0 Å². The van der Waals surface area contributed by atoms with E-state index in [1.165, 1.54) is 6.42 Å². The number of phenolic OH excluding ortho intramolecular Hbond substituents is 1. The van der Waals surface area contributed by atoms with Crippen LogP contribution in [-0.2, 0) is 11.3 Å². The highest BCUT2D eigenvalue weighted by Gasteiger charge is 1.99. The third kappa shape index (κ3) is 5.91. The summed E-state index contributed by atoms with van der Waals surface area (Å²) in [5.74, 6) is 0.123. The summed E-state index contributed by atoms with van der Waals surface area (Å²) in [4.78, 5) is 0. The maximum absolute atomic E-state index is 9.26. The molecule has 0 heterocycles. The van der Waals surface area contributed by atoms with Gasteiger partial charge in [-0.15, -0.1) is 0 Å². The molecule has 0 fully saturated rings. The first-order chi connectivity index (χ1) is 8.24. The van der Waals surface area contributed by atoms with E-state index in [9.17, 15) is 5.11 Å². The molecule has 0 aliphatic rings. The molecule has 1 aromatic carbocycles. The van der Waals surface area contributed by atoms with Crippen LogP contribution in [0.2, 0.25) is 5.02 Å². The molecular formula is C13H20ClNO2. The maximum atomic E-state index is 9.26. The van der Waals surface area contributed by atoms with Crippen molar-refractivity contribution in [2.24, 2.45) is 0 Å². The first-order valence-electron chi connectivity index (χ1n) is 6.00. The van der Waals surface area contributed by atoms with Gasteiger partial charge in [-0.25, -0.2) is 0 Å². The molecule has 0 aromatic heterocycles. The third-order valence-electron chi connectivity index (χ3n) is 2.41. The van der Waals surface area contributed by atoms with Gasteiger partial charge < -0.3 is 15.2 Å². The Morgan fingerprint density at radius 2 is 2.18 bits per heavy atom. The van der Waals surface area contributed by atoms with Crippen LogP contribution in [-0.4, -0.2) is 24.9 Å². The van der Waals surface area contributed by atoms with Gasteiger partial charge in [0.05, 0.1) is 11.6 Å². The van der Waals surface area contributed by atoms with Crippen molar-refractivity contribution in [3.05, 3.63) is 28.8 Å². The fourth-order valence-electron chi connectivity index (χ4n) is 1.39. The number of hydrogen-bond donors (Lipinski definition) is 2. The Bertz CT molecular complexity index is 331. The molecule has 0 amide bonds. The number of hydrogen-bond acceptors (Lipinski definition) is 3. The van der Waals surface area contributed by atoms with Gasteiger partial charge in [-0.1, -0.05) is 31.0 Å². The Morgan fingerprint density at radius 1 is 1.35 bits per heavy atom. The molecule has 1 rings (SSSR count). The van der Waals surface area contributed by atoms with Crippen LogP contribution < -0.4 is 5.32 Å². The summed E-state index contributed by atoms with van der Waals surface area (Å²) < 4.78 is 5.43. The monoisotopic (exact) mass is 257 g/mol. The van der Waals surface area contributed by atoms with E-state index in [1.807, 2.05) is 6.07 Å². The summed E-state index contributed by atoms with van der Waals surface area (Å²) in [5.41, 5.74) is 1.06. The summed E-state index contributed by atoms with van der Waals surface area (Å²) in [6, 6.07) is 5.23. The quantitative estimate of drug-likeness (QED) is 0.704. The number of benzene rings is 1. The Hall–Kier alpha value is -0.770. The van der Waals surface area contributed by atoms with Gasteiger partial charge in [0, 0.05) is 19.7 Å². The second-order valence-electron chi connectivity index (χ2n) is 3.93. The lowest BCUT2D eigenvalue weighted by Gasteiger charge is -2.06. The Morgan fingerprint density at radius 3 is 2.88 bits per heavy atom. The highest BCUT2D eigenvalue weighted by molar-refractivity contribution is 6.32. The minimum absolute atomic E-state index is 0.123. The summed E-state index contributed by atoms with van der Waals surface area (Å²) >= 11 is 5.81. The molecule has 0 radical (unpaired) electrons. The number of rotatable bonds is 8. The largest absolute Gasteiger partial charge is 0.506 e. The molecule has 4 heteroatoms. The van der Waals surface area contributed by atoms with Gasteiger partial charge >= 0.3 is 0 Å². The van der Waals surface area contributed by atoms with Crippen LogP contribution in [0.3, 0.4) is 0 Å². The molecule has 0 aliphatic carbocycles. The van der Waals surface area contributed by atoms with Crippen LogP contribution >= 0.6 is 11.6 Å². The average molecular weight is 258 g/mol. The van der Waals surface area contributed by atoms with Crippen molar-refractivity contribution < 1.29 is 9.84 Å². The molecular weight excluding hydrogens is 238 g/mol. The fraction of sp³-hybridized carbons (Fsp3) is 0.538. The van der Waals surface area contributed by atoms with Gasteiger partial charge in [0.15, 0.2) is 0 Å². The van der Waals surface area contributed by atoms with Crippen molar-refractivity contribution in [1.29, 1.82) is 0 Å². The van der Waals surface area contributed by atoms with E-state index in [0.717, 1.165) is 38.3 Å². The van der Waals surface area contributed by atoms with E-state index in [-0.39, 0.29) is 5.75 Å². The minimum atomic E-state index is 0.123. The summed E-state index contributed by atoms with van der Waals surface area (Å²) in [6.45, 7) is 5.27. The predicted octanol–water partition coefficient (Wildman–Crippen LogP) is 2.95. The molecule has 0 atom stereocenters. The Kier molecular flexibility index (Phi) is 7.01. The fourth-order valence-corrected chi connectivity index (χ4v) is 1.59. The van der Waals surface area contributed by atoms with Gasteiger partial charge in [-0.2, -0.15) is 0 Å². The van der Waals surface area contributed by atoms with E-state index in [2.05, 4.69) is 12.2 Å². The van der Waals surface area contributed by atoms with Gasteiger partial charge in [0.2, 0.25) is 0 Å². The molecule has 0 aliphatic heterocycles. The maximum Gasteiger partial charge on any atom is 0.134 e. The van der Waals surface area contributed by atoms with Gasteiger partial charge in [-0.3, -0.25) is 0 Å². The highest BCUT2D eigenvalue weighted by atomic mass is 35.5. The van der Waals surface area contributed by atoms with Crippen LogP contribution in [0.5, 0.6) is 5.75 Å². The zero-order chi connectivity index (χ0) is 12.5. The summed E-state index contributed by atoms with van der Waals surface area (Å²) in [6.07, 6.45) is 2.28. The third-order valence-corrected chi connectivity index (χ3v) is 2.71. The lowest BCUT2D eigenvalue weighted by atomic mass is 10.2. The molecule has 0 bridgehead atoms. The number of halogens is 1. The first-order valence-corrected chi connectivity index (χ1v) is 6.37. The van der Waals surface area contributed by atoms with Gasteiger partial charge in [-0.05, 0) is 24.1 Å². The van der Waals surface area contributed by atoms with E-state index >= 15 is 0 Å². The van der Waals surface area contributed by atoms with E-state index in [0.29, 0.717) is 5.02 Å². The molecule has 17 heavy (non-hydrogen) atoms. The summed E-state index contributed by atoms with van der Waals surface area (Å²) in [5, 5.41) is 12.9. The number of aromatic hydroxyl groups is 1. The zero-order valence-corrected chi connectivity index (χ0v) is 11.0. The van der Waals surface area contributed by atoms with Crippen molar-refractivity contribution in [3.8, 4) is 5.75 Å². The van der Waals surface area contributed by atoms with E-state index in [4.69, 9.17) is 16.3 Å².